The molecule has 1 aromatic carbocycles. The number of anilines is 1. The summed E-state index contributed by atoms with van der Waals surface area (Å²) in [6.45, 7) is 5.63. The topological polar surface area (TPSA) is 41.1 Å². The van der Waals surface area contributed by atoms with Crippen LogP contribution in [0.3, 0.4) is 0 Å². The van der Waals surface area contributed by atoms with Crippen molar-refractivity contribution in [2.45, 2.75) is 46.0 Å². The van der Waals surface area contributed by atoms with Gasteiger partial charge >= 0.3 is 0 Å². The van der Waals surface area contributed by atoms with Crippen LogP contribution in [0.15, 0.2) is 24.3 Å². The van der Waals surface area contributed by atoms with Crippen molar-refractivity contribution in [1.29, 1.82) is 0 Å². The van der Waals surface area contributed by atoms with Crippen LogP contribution in [0.4, 0.5) is 5.69 Å². The number of benzene rings is 1. The molecule has 1 saturated carbocycles. The maximum atomic E-state index is 12.0. The first-order valence-electron chi connectivity index (χ1n) is 7.71. The largest absolute Gasteiger partial charge is 0.325 e. The molecule has 110 valence electrons. The first-order chi connectivity index (χ1) is 9.65. The Balaban J connectivity index is 1.77. The quantitative estimate of drug-likeness (QED) is 0.833. The Morgan fingerprint density at radius 3 is 2.60 bits per heavy atom. The van der Waals surface area contributed by atoms with Gasteiger partial charge in [-0.2, -0.15) is 0 Å². The number of rotatable bonds is 6. The van der Waals surface area contributed by atoms with Gasteiger partial charge in [-0.3, -0.25) is 4.79 Å². The zero-order chi connectivity index (χ0) is 14.4. The van der Waals surface area contributed by atoms with Crippen molar-refractivity contribution in [3.05, 3.63) is 29.8 Å². The lowest BCUT2D eigenvalue weighted by atomic mass is 9.83. The van der Waals surface area contributed by atoms with Gasteiger partial charge in [-0.25, -0.2) is 0 Å². The van der Waals surface area contributed by atoms with Crippen molar-refractivity contribution in [3.63, 3.8) is 0 Å². The minimum Gasteiger partial charge on any atom is -0.325 e. The number of nitrogens with one attached hydrogen (secondary N) is 2. The van der Waals surface area contributed by atoms with Gasteiger partial charge in [-0.15, -0.1) is 0 Å². The molecule has 0 radical (unpaired) electrons. The summed E-state index contributed by atoms with van der Waals surface area (Å²) in [6, 6.07) is 7.88. The summed E-state index contributed by atoms with van der Waals surface area (Å²) in [7, 11) is 0. The summed E-state index contributed by atoms with van der Waals surface area (Å²) >= 11 is 0. The molecule has 20 heavy (non-hydrogen) atoms. The van der Waals surface area contributed by atoms with E-state index in [-0.39, 0.29) is 5.91 Å². The molecule has 0 aliphatic heterocycles. The van der Waals surface area contributed by atoms with Crippen LogP contribution in [0.5, 0.6) is 0 Å². The summed E-state index contributed by atoms with van der Waals surface area (Å²) in [6.07, 6.45) is 6.49. The molecule has 1 aromatic rings. The van der Waals surface area contributed by atoms with Gasteiger partial charge in [0.2, 0.25) is 5.91 Å². The average molecular weight is 274 g/mol. The number of aryl methyl sites for hydroxylation is 1. The summed E-state index contributed by atoms with van der Waals surface area (Å²) in [5.41, 5.74) is 2.44. The Kier molecular flexibility index (Phi) is 5.18. The predicted molar refractivity (Wildman–Crippen MR) is 83.9 cm³/mol. The predicted octanol–water partition coefficient (Wildman–Crippen LogP) is 3.49. The van der Waals surface area contributed by atoms with E-state index in [0.29, 0.717) is 12.0 Å². The number of carbonyl (C=O) groups is 1. The minimum atomic E-state index is 0.0450. The molecule has 3 nitrogen and oxygen atoms in total. The zero-order valence-corrected chi connectivity index (χ0v) is 12.7. The fourth-order valence-electron chi connectivity index (χ4n) is 3.13. The van der Waals surface area contributed by atoms with E-state index < -0.39 is 0 Å². The van der Waals surface area contributed by atoms with Crippen molar-refractivity contribution in [1.82, 2.24) is 5.32 Å². The van der Waals surface area contributed by atoms with Gasteiger partial charge in [0.25, 0.3) is 0 Å². The lowest BCUT2D eigenvalue weighted by Gasteiger charge is -2.27. The van der Waals surface area contributed by atoms with E-state index in [4.69, 9.17) is 0 Å². The second-order valence-electron chi connectivity index (χ2n) is 6.03. The van der Waals surface area contributed by atoms with Crippen LogP contribution in [-0.2, 0) is 4.79 Å². The molecule has 1 aliphatic rings. The third-order valence-corrected chi connectivity index (χ3v) is 4.62. The molecular formula is C17H26N2O. The van der Waals surface area contributed by atoms with Gasteiger partial charge in [0.15, 0.2) is 0 Å². The van der Waals surface area contributed by atoms with Crippen LogP contribution in [0.25, 0.3) is 0 Å². The SMILES string of the molecule is CCC1(CNCC(=O)Nc2ccccc2C)CCCC1. The summed E-state index contributed by atoms with van der Waals surface area (Å²) < 4.78 is 0. The monoisotopic (exact) mass is 274 g/mol. The van der Waals surface area contributed by atoms with Crippen LogP contribution in [0.1, 0.15) is 44.6 Å². The van der Waals surface area contributed by atoms with Gasteiger partial charge in [0.05, 0.1) is 6.54 Å². The van der Waals surface area contributed by atoms with Crippen molar-refractivity contribution in [2.75, 3.05) is 18.4 Å². The van der Waals surface area contributed by atoms with Crippen molar-refractivity contribution >= 4 is 11.6 Å². The summed E-state index contributed by atoms with van der Waals surface area (Å²) in [5.74, 6) is 0.0450. The molecule has 1 fully saturated rings. The van der Waals surface area contributed by atoms with E-state index in [2.05, 4.69) is 17.6 Å². The fraction of sp³-hybridized carbons (Fsp3) is 0.588. The molecule has 0 saturated heterocycles. The highest BCUT2D eigenvalue weighted by Crippen LogP contribution is 2.40. The first-order valence-corrected chi connectivity index (χ1v) is 7.71. The van der Waals surface area contributed by atoms with Crippen molar-refractivity contribution < 1.29 is 4.79 Å². The highest BCUT2D eigenvalue weighted by atomic mass is 16.1. The first kappa shape index (κ1) is 15.0. The highest BCUT2D eigenvalue weighted by Gasteiger charge is 2.31. The smallest absolute Gasteiger partial charge is 0.238 e. The molecule has 0 unspecified atom stereocenters. The van der Waals surface area contributed by atoms with E-state index in [1.165, 1.54) is 32.1 Å². The third-order valence-electron chi connectivity index (χ3n) is 4.62. The van der Waals surface area contributed by atoms with Crippen LogP contribution < -0.4 is 10.6 Å². The molecule has 0 spiro atoms. The molecule has 2 rings (SSSR count). The van der Waals surface area contributed by atoms with Crippen molar-refractivity contribution in [3.8, 4) is 0 Å². The molecule has 1 aliphatic carbocycles. The molecule has 1 amide bonds. The number of hydrogen-bond donors (Lipinski definition) is 2. The van der Waals surface area contributed by atoms with Gasteiger partial charge in [0.1, 0.15) is 0 Å². The average Bonchev–Trinajstić information content (AvgIpc) is 2.91. The number of carbonyl (C=O) groups excluding carboxylic acids is 1. The van der Waals surface area contributed by atoms with Crippen LogP contribution in [0, 0.1) is 12.3 Å². The van der Waals surface area contributed by atoms with Crippen LogP contribution in [0.2, 0.25) is 0 Å². The molecule has 0 aromatic heterocycles. The number of hydrogen-bond acceptors (Lipinski definition) is 2. The minimum absolute atomic E-state index is 0.0450. The molecule has 0 heterocycles. The van der Waals surface area contributed by atoms with Crippen LogP contribution >= 0.6 is 0 Å². The van der Waals surface area contributed by atoms with Crippen LogP contribution in [-0.4, -0.2) is 19.0 Å². The van der Waals surface area contributed by atoms with E-state index >= 15 is 0 Å². The zero-order valence-electron chi connectivity index (χ0n) is 12.7. The Hall–Kier alpha value is -1.35. The lowest BCUT2D eigenvalue weighted by molar-refractivity contribution is -0.115. The Morgan fingerprint density at radius 1 is 1.25 bits per heavy atom. The standard InChI is InChI=1S/C17H26N2O/c1-3-17(10-6-7-11-17)13-18-12-16(20)19-15-9-5-4-8-14(15)2/h4-5,8-9,18H,3,6-7,10-13H2,1-2H3,(H,19,20). The Morgan fingerprint density at radius 2 is 1.95 bits per heavy atom. The van der Waals surface area contributed by atoms with Crippen molar-refractivity contribution in [2.24, 2.45) is 5.41 Å². The van der Waals surface area contributed by atoms with Gasteiger partial charge in [-0.1, -0.05) is 38.0 Å². The third kappa shape index (κ3) is 3.83. The number of amides is 1. The van der Waals surface area contributed by atoms with E-state index in [0.717, 1.165) is 17.8 Å². The molecular weight excluding hydrogens is 248 g/mol. The van der Waals surface area contributed by atoms with Gasteiger partial charge in [-0.05, 0) is 43.2 Å². The molecule has 2 N–H and O–H groups in total. The van der Waals surface area contributed by atoms with E-state index in [1.54, 1.807) is 0 Å². The fourth-order valence-corrected chi connectivity index (χ4v) is 3.13. The molecule has 0 atom stereocenters. The Labute approximate surface area is 122 Å². The maximum Gasteiger partial charge on any atom is 0.238 e. The lowest BCUT2D eigenvalue weighted by Crippen LogP contribution is -2.36. The molecule has 0 bridgehead atoms. The molecule has 3 heteroatoms. The normalized spacial score (nSPS) is 17.1. The van der Waals surface area contributed by atoms with Gasteiger partial charge in [0, 0.05) is 12.2 Å². The second-order valence-corrected chi connectivity index (χ2v) is 6.03. The summed E-state index contributed by atoms with van der Waals surface area (Å²) in [5, 5.41) is 6.31. The van der Waals surface area contributed by atoms with E-state index in [9.17, 15) is 4.79 Å². The van der Waals surface area contributed by atoms with Gasteiger partial charge < -0.3 is 10.6 Å². The highest BCUT2D eigenvalue weighted by molar-refractivity contribution is 5.92. The second kappa shape index (κ2) is 6.89. The maximum absolute atomic E-state index is 12.0. The summed E-state index contributed by atoms with van der Waals surface area (Å²) in [4.78, 5) is 12.0. The number of para-hydroxylation sites is 1. The Bertz CT molecular complexity index is 450. The van der Waals surface area contributed by atoms with E-state index in [1.807, 2.05) is 31.2 Å².